The maximum Gasteiger partial charge on any atom is 0.187 e. The third-order valence-corrected chi connectivity index (χ3v) is 5.08. The minimum Gasteiger partial charge on any atom is -0.227 e. The molecule has 0 aliphatic carbocycles. The smallest absolute Gasteiger partial charge is 0.187 e. The summed E-state index contributed by atoms with van der Waals surface area (Å²) >= 11 is 13.6. The molecule has 0 aliphatic rings. The summed E-state index contributed by atoms with van der Waals surface area (Å²) in [6, 6.07) is 15.1. The minimum absolute atomic E-state index is 0.632. The number of thioether (sulfide) groups is 1. The molecule has 0 amide bonds. The number of nitrogens with zero attached hydrogens (tertiary/aromatic N) is 5. The van der Waals surface area contributed by atoms with Gasteiger partial charge in [0, 0.05) is 15.8 Å². The van der Waals surface area contributed by atoms with Crippen LogP contribution in [-0.2, 0) is 5.75 Å². The van der Waals surface area contributed by atoms with Crippen molar-refractivity contribution in [2.75, 3.05) is 0 Å². The molecule has 25 heavy (non-hydrogen) atoms. The summed E-state index contributed by atoms with van der Waals surface area (Å²) in [5.41, 5.74) is 3.28. The highest BCUT2D eigenvalue weighted by atomic mass is 35.5. The number of halogens is 2. The molecule has 4 rings (SSSR count). The molecule has 0 bridgehead atoms. The van der Waals surface area contributed by atoms with Gasteiger partial charge in [0.05, 0.1) is 5.69 Å². The Bertz CT molecular complexity index is 1030. The van der Waals surface area contributed by atoms with Crippen molar-refractivity contribution in [3.8, 4) is 5.69 Å². The lowest BCUT2D eigenvalue weighted by molar-refractivity contribution is 0.817. The molecule has 0 spiro atoms. The highest BCUT2D eigenvalue weighted by molar-refractivity contribution is 7.98. The van der Waals surface area contributed by atoms with Crippen molar-refractivity contribution in [3.63, 3.8) is 0 Å². The molecule has 2 aromatic carbocycles. The molecule has 4 aromatic rings. The maximum atomic E-state index is 6.07. The van der Waals surface area contributed by atoms with Crippen LogP contribution >= 0.6 is 35.0 Å². The molecule has 0 N–H and O–H groups in total. The lowest BCUT2D eigenvalue weighted by Gasteiger charge is -2.03. The molecule has 0 unspecified atom stereocenters. The molecule has 8 heteroatoms. The molecule has 0 radical (unpaired) electrons. The van der Waals surface area contributed by atoms with Gasteiger partial charge in [0.25, 0.3) is 0 Å². The summed E-state index contributed by atoms with van der Waals surface area (Å²) in [4.78, 5) is 8.68. The summed E-state index contributed by atoms with van der Waals surface area (Å²) in [6.45, 7) is 0. The largest absolute Gasteiger partial charge is 0.227 e. The minimum atomic E-state index is 0.632. The Morgan fingerprint density at radius 2 is 1.80 bits per heavy atom. The van der Waals surface area contributed by atoms with Crippen molar-refractivity contribution in [1.82, 2.24) is 25.0 Å². The topological polar surface area (TPSA) is 56.5 Å². The fourth-order valence-electron chi connectivity index (χ4n) is 2.35. The molecule has 0 aliphatic heterocycles. The van der Waals surface area contributed by atoms with Crippen LogP contribution in [0.1, 0.15) is 5.56 Å². The zero-order chi connectivity index (χ0) is 17.2. The van der Waals surface area contributed by atoms with Gasteiger partial charge in [-0.15, -0.1) is 5.10 Å². The van der Waals surface area contributed by atoms with Crippen LogP contribution < -0.4 is 0 Å². The fourth-order valence-corrected chi connectivity index (χ4v) is 3.54. The number of fused-ring (bicyclic) bond motifs is 1. The lowest BCUT2D eigenvalue weighted by atomic mass is 10.2. The standard InChI is InChI=1S/C17H11Cl2N5S/c18-12-6-4-11(5-7-12)9-25-17-15-16(20-10-21-17)24(23-22-15)14-3-1-2-13(19)8-14/h1-8,10H,9H2. The number of aromatic nitrogens is 5. The molecular weight excluding hydrogens is 377 g/mol. The predicted molar refractivity (Wildman–Crippen MR) is 100 cm³/mol. The Kier molecular flexibility index (Phi) is 4.57. The normalized spacial score (nSPS) is 11.1. The molecule has 0 saturated carbocycles. The van der Waals surface area contributed by atoms with Gasteiger partial charge in [-0.05, 0) is 35.9 Å². The van der Waals surface area contributed by atoms with Crippen LogP contribution in [-0.4, -0.2) is 25.0 Å². The fraction of sp³-hybridized carbons (Fsp3) is 0.0588. The second kappa shape index (κ2) is 7.00. The average Bonchev–Trinajstić information content (AvgIpc) is 3.06. The second-order valence-electron chi connectivity index (χ2n) is 5.25. The summed E-state index contributed by atoms with van der Waals surface area (Å²) in [6.07, 6.45) is 1.52. The monoisotopic (exact) mass is 387 g/mol. The van der Waals surface area contributed by atoms with Gasteiger partial charge in [0.15, 0.2) is 11.2 Å². The highest BCUT2D eigenvalue weighted by Crippen LogP contribution is 2.27. The third-order valence-electron chi connectivity index (χ3n) is 3.55. The van der Waals surface area contributed by atoms with Crippen LogP contribution in [0.25, 0.3) is 16.9 Å². The zero-order valence-electron chi connectivity index (χ0n) is 12.8. The van der Waals surface area contributed by atoms with Gasteiger partial charge in [-0.2, -0.15) is 4.68 Å². The Morgan fingerprint density at radius 1 is 0.960 bits per heavy atom. The van der Waals surface area contributed by atoms with Crippen LogP contribution in [0.2, 0.25) is 10.0 Å². The molecule has 5 nitrogen and oxygen atoms in total. The molecule has 2 heterocycles. The Balaban J connectivity index is 1.66. The molecule has 0 saturated heterocycles. The van der Waals surface area contributed by atoms with E-state index < -0.39 is 0 Å². The van der Waals surface area contributed by atoms with Crippen LogP contribution in [0.15, 0.2) is 59.9 Å². The first-order valence-electron chi connectivity index (χ1n) is 7.40. The van der Waals surface area contributed by atoms with Gasteiger partial charge in [0.2, 0.25) is 0 Å². The number of hydrogen-bond acceptors (Lipinski definition) is 5. The number of benzene rings is 2. The van der Waals surface area contributed by atoms with Gasteiger partial charge in [-0.1, -0.05) is 58.4 Å². The quantitative estimate of drug-likeness (QED) is 0.371. The summed E-state index contributed by atoms with van der Waals surface area (Å²) in [5, 5.41) is 10.6. The van der Waals surface area contributed by atoms with E-state index in [1.165, 1.54) is 6.33 Å². The van der Waals surface area contributed by atoms with Crippen molar-refractivity contribution in [1.29, 1.82) is 0 Å². The van der Waals surface area contributed by atoms with E-state index in [9.17, 15) is 0 Å². The van der Waals surface area contributed by atoms with E-state index in [1.54, 1.807) is 16.4 Å². The Morgan fingerprint density at radius 3 is 2.60 bits per heavy atom. The zero-order valence-corrected chi connectivity index (χ0v) is 15.1. The van der Waals surface area contributed by atoms with E-state index in [-0.39, 0.29) is 0 Å². The van der Waals surface area contributed by atoms with Crippen LogP contribution in [0, 0.1) is 0 Å². The van der Waals surface area contributed by atoms with E-state index >= 15 is 0 Å². The summed E-state index contributed by atoms with van der Waals surface area (Å²) < 4.78 is 1.66. The van der Waals surface area contributed by atoms with Crippen LogP contribution in [0.5, 0.6) is 0 Å². The first-order chi connectivity index (χ1) is 12.2. The van der Waals surface area contributed by atoms with Gasteiger partial charge in [-0.3, -0.25) is 0 Å². The SMILES string of the molecule is Clc1ccc(CSc2ncnc3c2nnn3-c2cccc(Cl)c2)cc1. The molecule has 2 aromatic heterocycles. The number of hydrogen-bond donors (Lipinski definition) is 0. The van der Waals surface area contributed by atoms with E-state index in [2.05, 4.69) is 20.3 Å². The van der Waals surface area contributed by atoms with Crippen LogP contribution in [0.4, 0.5) is 0 Å². The second-order valence-corrected chi connectivity index (χ2v) is 7.08. The maximum absolute atomic E-state index is 6.07. The van der Waals surface area contributed by atoms with E-state index in [1.807, 2.05) is 48.5 Å². The van der Waals surface area contributed by atoms with Crippen molar-refractivity contribution >= 4 is 46.1 Å². The summed E-state index contributed by atoms with van der Waals surface area (Å²) in [5.74, 6) is 0.757. The van der Waals surface area contributed by atoms with Gasteiger partial charge < -0.3 is 0 Å². The third kappa shape index (κ3) is 3.46. The van der Waals surface area contributed by atoms with Crippen molar-refractivity contribution in [3.05, 3.63) is 70.5 Å². The average molecular weight is 388 g/mol. The highest BCUT2D eigenvalue weighted by Gasteiger charge is 2.13. The lowest BCUT2D eigenvalue weighted by Crippen LogP contribution is -1.98. The van der Waals surface area contributed by atoms with Gasteiger partial charge in [-0.25, -0.2) is 9.97 Å². The van der Waals surface area contributed by atoms with Gasteiger partial charge in [0.1, 0.15) is 11.4 Å². The van der Waals surface area contributed by atoms with E-state index in [0.717, 1.165) is 27.1 Å². The predicted octanol–water partition coefficient (Wildman–Crippen LogP) is 4.81. The Hall–Kier alpha value is -2.15. The van der Waals surface area contributed by atoms with Gasteiger partial charge >= 0.3 is 0 Å². The van der Waals surface area contributed by atoms with Crippen molar-refractivity contribution < 1.29 is 0 Å². The van der Waals surface area contributed by atoms with Crippen molar-refractivity contribution in [2.24, 2.45) is 0 Å². The summed E-state index contributed by atoms with van der Waals surface area (Å²) in [7, 11) is 0. The first kappa shape index (κ1) is 16.3. The van der Waals surface area contributed by atoms with E-state index in [0.29, 0.717) is 16.2 Å². The van der Waals surface area contributed by atoms with Crippen molar-refractivity contribution in [2.45, 2.75) is 10.8 Å². The van der Waals surface area contributed by atoms with Crippen LogP contribution in [0.3, 0.4) is 0 Å². The molecule has 124 valence electrons. The van der Waals surface area contributed by atoms with E-state index in [4.69, 9.17) is 23.2 Å². The molecular formula is C17H11Cl2N5S. The molecule has 0 atom stereocenters. The number of rotatable bonds is 4. The molecule has 0 fully saturated rings. The first-order valence-corrected chi connectivity index (χ1v) is 9.14. The Labute approximate surface area is 158 Å².